The first-order valence-electron chi connectivity index (χ1n) is 5.46. The van der Waals surface area contributed by atoms with Crippen molar-refractivity contribution in [3.05, 3.63) is 23.2 Å². The van der Waals surface area contributed by atoms with Gasteiger partial charge in [0.2, 0.25) is 0 Å². The van der Waals surface area contributed by atoms with E-state index in [1.807, 2.05) is 6.92 Å². The Hall–Kier alpha value is -1.78. The van der Waals surface area contributed by atoms with Gasteiger partial charge in [-0.3, -0.25) is 9.59 Å². The van der Waals surface area contributed by atoms with Gasteiger partial charge in [0, 0.05) is 25.6 Å². The number of aryl methyl sites for hydroxylation is 2. The SMILES string of the molecule is Cc1cc(C)c(C(=O)N(C)CCCC(=O)O)o1. The first-order valence-corrected chi connectivity index (χ1v) is 5.46. The molecule has 0 aliphatic heterocycles. The monoisotopic (exact) mass is 239 g/mol. The van der Waals surface area contributed by atoms with Gasteiger partial charge in [-0.25, -0.2) is 0 Å². The minimum absolute atomic E-state index is 0.0633. The Morgan fingerprint density at radius 1 is 1.41 bits per heavy atom. The van der Waals surface area contributed by atoms with Crippen molar-refractivity contribution in [1.82, 2.24) is 4.90 Å². The molecule has 0 bridgehead atoms. The molecule has 0 spiro atoms. The van der Waals surface area contributed by atoms with Crippen molar-refractivity contribution in [3.8, 4) is 0 Å². The van der Waals surface area contributed by atoms with E-state index in [1.54, 1.807) is 20.0 Å². The summed E-state index contributed by atoms with van der Waals surface area (Å²) in [5, 5.41) is 8.51. The van der Waals surface area contributed by atoms with Gasteiger partial charge in [0.25, 0.3) is 5.91 Å². The number of carbonyl (C=O) groups excluding carboxylic acids is 1. The highest BCUT2D eigenvalue weighted by Gasteiger charge is 2.18. The van der Waals surface area contributed by atoms with E-state index in [-0.39, 0.29) is 12.3 Å². The molecule has 0 saturated heterocycles. The maximum Gasteiger partial charge on any atom is 0.303 e. The Kier molecular flexibility index (Phi) is 4.31. The fourth-order valence-electron chi connectivity index (χ4n) is 1.60. The Bertz CT molecular complexity index is 422. The van der Waals surface area contributed by atoms with Gasteiger partial charge in [-0.15, -0.1) is 0 Å². The van der Waals surface area contributed by atoms with Gasteiger partial charge in [-0.05, 0) is 26.3 Å². The molecular formula is C12H17NO4. The van der Waals surface area contributed by atoms with Gasteiger partial charge in [0.05, 0.1) is 0 Å². The molecule has 0 aliphatic carbocycles. The molecule has 17 heavy (non-hydrogen) atoms. The van der Waals surface area contributed by atoms with E-state index in [0.29, 0.717) is 24.5 Å². The number of furan rings is 1. The van der Waals surface area contributed by atoms with E-state index in [4.69, 9.17) is 9.52 Å². The number of aliphatic carboxylic acids is 1. The number of nitrogens with zero attached hydrogens (tertiary/aromatic N) is 1. The van der Waals surface area contributed by atoms with Gasteiger partial charge in [0.1, 0.15) is 5.76 Å². The van der Waals surface area contributed by atoms with Crippen LogP contribution in [0.25, 0.3) is 0 Å². The van der Waals surface area contributed by atoms with Gasteiger partial charge >= 0.3 is 5.97 Å². The first-order chi connectivity index (χ1) is 7.91. The minimum Gasteiger partial charge on any atom is -0.481 e. The van der Waals surface area contributed by atoms with E-state index in [2.05, 4.69) is 0 Å². The summed E-state index contributed by atoms with van der Waals surface area (Å²) < 4.78 is 5.32. The van der Waals surface area contributed by atoms with Crippen molar-refractivity contribution in [2.75, 3.05) is 13.6 Å². The number of rotatable bonds is 5. The molecule has 1 rings (SSSR count). The van der Waals surface area contributed by atoms with Crippen LogP contribution in [-0.4, -0.2) is 35.5 Å². The van der Waals surface area contributed by atoms with Gasteiger partial charge in [0.15, 0.2) is 5.76 Å². The van der Waals surface area contributed by atoms with Gasteiger partial charge < -0.3 is 14.4 Å². The summed E-state index contributed by atoms with van der Waals surface area (Å²) in [6.07, 6.45) is 0.504. The molecule has 94 valence electrons. The lowest BCUT2D eigenvalue weighted by molar-refractivity contribution is -0.137. The highest BCUT2D eigenvalue weighted by molar-refractivity contribution is 5.92. The molecular weight excluding hydrogens is 222 g/mol. The molecule has 0 unspecified atom stereocenters. The van der Waals surface area contributed by atoms with Crippen molar-refractivity contribution < 1.29 is 19.1 Å². The van der Waals surface area contributed by atoms with Crippen LogP contribution in [0.4, 0.5) is 0 Å². The zero-order valence-corrected chi connectivity index (χ0v) is 10.3. The van der Waals surface area contributed by atoms with Gasteiger partial charge in [-0.1, -0.05) is 0 Å². The standard InChI is InChI=1S/C12H17NO4/c1-8-7-9(2)17-11(8)12(16)13(3)6-4-5-10(14)15/h7H,4-6H2,1-3H3,(H,14,15). The summed E-state index contributed by atoms with van der Waals surface area (Å²) in [6.45, 7) is 4.01. The molecule has 1 aromatic heterocycles. The average Bonchev–Trinajstić information content (AvgIpc) is 2.56. The smallest absolute Gasteiger partial charge is 0.303 e. The number of amides is 1. The number of hydrogen-bond acceptors (Lipinski definition) is 3. The summed E-state index contributed by atoms with van der Waals surface area (Å²) in [6, 6.07) is 1.80. The third-order valence-electron chi connectivity index (χ3n) is 2.47. The molecule has 0 radical (unpaired) electrons. The van der Waals surface area contributed by atoms with Crippen molar-refractivity contribution in [2.24, 2.45) is 0 Å². The zero-order valence-electron chi connectivity index (χ0n) is 10.3. The number of carboxylic acids is 1. The highest BCUT2D eigenvalue weighted by Crippen LogP contribution is 2.15. The van der Waals surface area contributed by atoms with E-state index in [0.717, 1.165) is 5.56 Å². The highest BCUT2D eigenvalue weighted by atomic mass is 16.4. The topological polar surface area (TPSA) is 70.8 Å². The Labute approximate surface area is 100 Å². The second kappa shape index (κ2) is 5.52. The Morgan fingerprint density at radius 2 is 2.06 bits per heavy atom. The van der Waals surface area contributed by atoms with Crippen LogP contribution in [0.1, 0.15) is 34.7 Å². The Balaban J connectivity index is 2.57. The number of carboxylic acid groups (broad SMARTS) is 1. The average molecular weight is 239 g/mol. The van der Waals surface area contributed by atoms with Crippen LogP contribution < -0.4 is 0 Å². The second-order valence-corrected chi connectivity index (χ2v) is 4.09. The number of carbonyl (C=O) groups is 2. The van der Waals surface area contributed by atoms with E-state index >= 15 is 0 Å². The molecule has 0 fully saturated rings. The molecule has 0 aliphatic rings. The molecule has 0 saturated carbocycles. The van der Waals surface area contributed by atoms with Crippen LogP contribution >= 0.6 is 0 Å². The maximum atomic E-state index is 11.9. The van der Waals surface area contributed by atoms with Crippen LogP contribution in [0, 0.1) is 13.8 Å². The van der Waals surface area contributed by atoms with Crippen LogP contribution in [0.3, 0.4) is 0 Å². The zero-order chi connectivity index (χ0) is 13.0. The lowest BCUT2D eigenvalue weighted by Gasteiger charge is -2.15. The molecule has 1 aromatic rings. The van der Waals surface area contributed by atoms with E-state index in [9.17, 15) is 9.59 Å². The van der Waals surface area contributed by atoms with Crippen molar-refractivity contribution >= 4 is 11.9 Å². The normalized spacial score (nSPS) is 10.3. The van der Waals surface area contributed by atoms with Crippen molar-refractivity contribution in [1.29, 1.82) is 0 Å². The summed E-state index contributed by atoms with van der Waals surface area (Å²) in [5.74, 6) is -0.0260. The molecule has 5 nitrogen and oxygen atoms in total. The third-order valence-corrected chi connectivity index (χ3v) is 2.47. The second-order valence-electron chi connectivity index (χ2n) is 4.09. The molecule has 5 heteroatoms. The predicted molar refractivity (Wildman–Crippen MR) is 62.0 cm³/mol. The summed E-state index contributed by atoms with van der Waals surface area (Å²) in [4.78, 5) is 23.8. The molecule has 1 amide bonds. The summed E-state index contributed by atoms with van der Waals surface area (Å²) >= 11 is 0. The van der Waals surface area contributed by atoms with Crippen LogP contribution in [0.5, 0.6) is 0 Å². The lowest BCUT2D eigenvalue weighted by Crippen LogP contribution is -2.28. The summed E-state index contributed by atoms with van der Waals surface area (Å²) in [5.41, 5.74) is 0.803. The van der Waals surface area contributed by atoms with E-state index in [1.165, 1.54) is 4.90 Å². The van der Waals surface area contributed by atoms with Crippen LogP contribution in [-0.2, 0) is 4.79 Å². The van der Waals surface area contributed by atoms with Crippen LogP contribution in [0.15, 0.2) is 10.5 Å². The van der Waals surface area contributed by atoms with E-state index < -0.39 is 5.97 Å². The number of hydrogen-bond donors (Lipinski definition) is 1. The molecule has 0 atom stereocenters. The maximum absolute atomic E-state index is 11.9. The van der Waals surface area contributed by atoms with Crippen molar-refractivity contribution in [2.45, 2.75) is 26.7 Å². The fraction of sp³-hybridized carbons (Fsp3) is 0.500. The van der Waals surface area contributed by atoms with Crippen LogP contribution in [0.2, 0.25) is 0 Å². The largest absolute Gasteiger partial charge is 0.481 e. The molecule has 0 aromatic carbocycles. The summed E-state index contributed by atoms with van der Waals surface area (Å²) in [7, 11) is 1.64. The first kappa shape index (κ1) is 13.3. The third kappa shape index (κ3) is 3.62. The predicted octanol–water partition coefficient (Wildman–Crippen LogP) is 1.83. The fourth-order valence-corrected chi connectivity index (χ4v) is 1.60. The molecule has 1 N–H and O–H groups in total. The minimum atomic E-state index is -0.851. The molecule has 1 heterocycles. The van der Waals surface area contributed by atoms with Crippen molar-refractivity contribution in [3.63, 3.8) is 0 Å². The van der Waals surface area contributed by atoms with Gasteiger partial charge in [-0.2, -0.15) is 0 Å². The quantitative estimate of drug-likeness (QED) is 0.851. The Morgan fingerprint density at radius 3 is 2.53 bits per heavy atom. The lowest BCUT2D eigenvalue weighted by atomic mass is 10.2.